The van der Waals surface area contributed by atoms with Crippen molar-refractivity contribution in [3.63, 3.8) is 0 Å². The summed E-state index contributed by atoms with van der Waals surface area (Å²) >= 11 is 0. The van der Waals surface area contributed by atoms with Gasteiger partial charge in [-0.3, -0.25) is 4.98 Å². The molecule has 0 aromatic carbocycles. The standard InChI is InChI=1S/C12H11N3O2/c16-12(17)11-14-7-10(8-15-11)4-3-9-2-1-5-13-6-9/h1-2,5-8H,3-4H2,(H,16,17). The smallest absolute Gasteiger partial charge is 0.373 e. The van der Waals surface area contributed by atoms with Crippen LogP contribution < -0.4 is 0 Å². The quantitative estimate of drug-likeness (QED) is 0.856. The van der Waals surface area contributed by atoms with Crippen molar-refractivity contribution in [1.29, 1.82) is 0 Å². The number of carboxylic acids is 1. The molecule has 2 heterocycles. The monoisotopic (exact) mass is 229 g/mol. The molecule has 1 N–H and O–H groups in total. The Hall–Kier alpha value is -2.30. The van der Waals surface area contributed by atoms with Crippen LogP contribution in [-0.4, -0.2) is 26.0 Å². The first kappa shape index (κ1) is 11.2. The van der Waals surface area contributed by atoms with Crippen LogP contribution in [0, 0.1) is 0 Å². The maximum Gasteiger partial charge on any atom is 0.373 e. The Bertz CT molecular complexity index is 497. The van der Waals surface area contributed by atoms with Crippen molar-refractivity contribution in [1.82, 2.24) is 15.0 Å². The number of nitrogens with zero attached hydrogens (tertiary/aromatic N) is 3. The van der Waals surface area contributed by atoms with Gasteiger partial charge in [0.1, 0.15) is 0 Å². The summed E-state index contributed by atoms with van der Waals surface area (Å²) < 4.78 is 0. The topological polar surface area (TPSA) is 76.0 Å². The molecule has 0 saturated carbocycles. The van der Waals surface area contributed by atoms with Gasteiger partial charge in [0.05, 0.1) is 0 Å². The lowest BCUT2D eigenvalue weighted by Gasteiger charge is -2.01. The molecule has 2 rings (SSSR count). The molecule has 0 amide bonds. The average Bonchev–Trinajstić information content (AvgIpc) is 2.38. The molecule has 2 aromatic heterocycles. The minimum Gasteiger partial charge on any atom is -0.475 e. The number of carbonyl (C=O) groups is 1. The summed E-state index contributed by atoms with van der Waals surface area (Å²) in [5, 5.41) is 8.65. The summed E-state index contributed by atoms with van der Waals surface area (Å²) in [6.45, 7) is 0. The number of aromatic nitrogens is 3. The van der Waals surface area contributed by atoms with Crippen LogP contribution in [0.1, 0.15) is 21.7 Å². The number of aromatic carboxylic acids is 1. The van der Waals surface area contributed by atoms with E-state index in [1.165, 1.54) is 0 Å². The lowest BCUT2D eigenvalue weighted by molar-refractivity contribution is 0.0683. The molecule has 0 radical (unpaired) electrons. The second kappa shape index (κ2) is 5.16. The van der Waals surface area contributed by atoms with E-state index < -0.39 is 5.97 Å². The van der Waals surface area contributed by atoms with Gasteiger partial charge in [-0.2, -0.15) is 0 Å². The van der Waals surface area contributed by atoms with Crippen LogP contribution in [0.3, 0.4) is 0 Å². The average molecular weight is 229 g/mol. The number of hydrogen-bond donors (Lipinski definition) is 1. The molecular weight excluding hydrogens is 218 g/mol. The lowest BCUT2D eigenvalue weighted by Crippen LogP contribution is -2.04. The third-order valence-corrected chi connectivity index (χ3v) is 2.32. The molecule has 17 heavy (non-hydrogen) atoms. The molecule has 86 valence electrons. The Morgan fingerprint density at radius 3 is 2.41 bits per heavy atom. The number of rotatable bonds is 4. The van der Waals surface area contributed by atoms with Gasteiger partial charge in [0, 0.05) is 24.8 Å². The Kier molecular flexibility index (Phi) is 3.40. The van der Waals surface area contributed by atoms with Crippen LogP contribution in [-0.2, 0) is 12.8 Å². The largest absolute Gasteiger partial charge is 0.475 e. The summed E-state index contributed by atoms with van der Waals surface area (Å²) in [5.41, 5.74) is 2.05. The fourth-order valence-electron chi connectivity index (χ4n) is 1.43. The van der Waals surface area contributed by atoms with E-state index >= 15 is 0 Å². The second-order valence-electron chi connectivity index (χ2n) is 3.58. The van der Waals surface area contributed by atoms with Gasteiger partial charge in [-0.05, 0) is 30.0 Å². The van der Waals surface area contributed by atoms with Gasteiger partial charge < -0.3 is 5.11 Å². The Morgan fingerprint density at radius 1 is 1.12 bits per heavy atom. The van der Waals surface area contributed by atoms with Crippen molar-refractivity contribution in [2.45, 2.75) is 12.8 Å². The van der Waals surface area contributed by atoms with E-state index in [1.54, 1.807) is 18.6 Å². The normalized spacial score (nSPS) is 10.1. The lowest BCUT2D eigenvalue weighted by atomic mass is 10.1. The van der Waals surface area contributed by atoms with Crippen LogP contribution in [0.25, 0.3) is 0 Å². The molecule has 0 aliphatic carbocycles. The summed E-state index contributed by atoms with van der Waals surface area (Å²) in [5.74, 6) is -1.28. The van der Waals surface area contributed by atoms with Crippen LogP contribution in [0.5, 0.6) is 0 Å². The molecule has 5 nitrogen and oxygen atoms in total. The van der Waals surface area contributed by atoms with Gasteiger partial charge >= 0.3 is 5.97 Å². The van der Waals surface area contributed by atoms with Crippen molar-refractivity contribution in [3.8, 4) is 0 Å². The summed E-state index contributed by atoms with van der Waals surface area (Å²) in [7, 11) is 0. The number of carboxylic acid groups (broad SMARTS) is 1. The van der Waals surface area contributed by atoms with Crippen molar-refractivity contribution < 1.29 is 9.90 Å². The van der Waals surface area contributed by atoms with E-state index in [2.05, 4.69) is 15.0 Å². The minimum absolute atomic E-state index is 0.171. The molecule has 0 atom stereocenters. The first-order valence-corrected chi connectivity index (χ1v) is 5.19. The molecule has 5 heteroatoms. The maximum atomic E-state index is 10.6. The highest BCUT2D eigenvalue weighted by atomic mass is 16.4. The van der Waals surface area contributed by atoms with E-state index in [1.807, 2.05) is 18.3 Å². The zero-order valence-corrected chi connectivity index (χ0v) is 9.08. The SMILES string of the molecule is O=C(O)c1ncc(CCc2cccnc2)cn1. The predicted octanol–water partition coefficient (Wildman–Crippen LogP) is 1.35. The van der Waals surface area contributed by atoms with Crippen LogP contribution in [0.2, 0.25) is 0 Å². The fraction of sp³-hybridized carbons (Fsp3) is 0.167. The van der Waals surface area contributed by atoms with Crippen molar-refractivity contribution >= 4 is 5.97 Å². The third kappa shape index (κ3) is 3.07. The molecular formula is C12H11N3O2. The molecule has 2 aromatic rings. The Labute approximate surface area is 98.2 Å². The molecule has 0 saturated heterocycles. The van der Waals surface area contributed by atoms with Gasteiger partial charge in [0.2, 0.25) is 5.82 Å². The van der Waals surface area contributed by atoms with Crippen molar-refractivity contribution in [2.24, 2.45) is 0 Å². The fourth-order valence-corrected chi connectivity index (χ4v) is 1.43. The van der Waals surface area contributed by atoms with Crippen LogP contribution in [0.15, 0.2) is 36.9 Å². The molecule has 0 aliphatic heterocycles. The van der Waals surface area contributed by atoms with Crippen molar-refractivity contribution in [2.75, 3.05) is 0 Å². The highest BCUT2D eigenvalue weighted by Crippen LogP contribution is 2.04. The molecule has 0 bridgehead atoms. The molecule has 0 spiro atoms. The van der Waals surface area contributed by atoms with E-state index in [9.17, 15) is 4.79 Å². The van der Waals surface area contributed by atoms with E-state index in [0.29, 0.717) is 0 Å². The number of pyridine rings is 1. The van der Waals surface area contributed by atoms with Gasteiger partial charge in [-0.1, -0.05) is 6.07 Å². The van der Waals surface area contributed by atoms with Gasteiger partial charge in [0.15, 0.2) is 0 Å². The molecule has 0 unspecified atom stereocenters. The highest BCUT2D eigenvalue weighted by molar-refractivity contribution is 5.82. The van der Waals surface area contributed by atoms with Crippen molar-refractivity contribution in [3.05, 3.63) is 53.9 Å². The Morgan fingerprint density at radius 2 is 1.82 bits per heavy atom. The second-order valence-corrected chi connectivity index (χ2v) is 3.58. The molecule has 0 fully saturated rings. The third-order valence-electron chi connectivity index (χ3n) is 2.32. The summed E-state index contributed by atoms with van der Waals surface area (Å²) in [6, 6.07) is 3.89. The zero-order chi connectivity index (χ0) is 12.1. The Balaban J connectivity index is 1.98. The van der Waals surface area contributed by atoms with Gasteiger partial charge in [-0.15, -0.1) is 0 Å². The number of aryl methyl sites for hydroxylation is 2. The van der Waals surface area contributed by atoms with Gasteiger partial charge in [0.25, 0.3) is 0 Å². The summed E-state index contributed by atoms with van der Waals surface area (Å²) in [4.78, 5) is 22.1. The predicted molar refractivity (Wildman–Crippen MR) is 60.6 cm³/mol. The van der Waals surface area contributed by atoms with Crippen LogP contribution in [0.4, 0.5) is 0 Å². The van der Waals surface area contributed by atoms with E-state index in [0.717, 1.165) is 24.0 Å². The minimum atomic E-state index is -1.11. The van der Waals surface area contributed by atoms with Gasteiger partial charge in [-0.25, -0.2) is 14.8 Å². The van der Waals surface area contributed by atoms with E-state index in [4.69, 9.17) is 5.11 Å². The highest BCUT2D eigenvalue weighted by Gasteiger charge is 2.05. The van der Waals surface area contributed by atoms with E-state index in [-0.39, 0.29) is 5.82 Å². The molecule has 0 aliphatic rings. The first-order valence-electron chi connectivity index (χ1n) is 5.19. The maximum absolute atomic E-state index is 10.6. The zero-order valence-electron chi connectivity index (χ0n) is 9.08. The number of hydrogen-bond acceptors (Lipinski definition) is 4. The summed E-state index contributed by atoms with van der Waals surface area (Å²) in [6.07, 6.45) is 8.25. The van der Waals surface area contributed by atoms with Crippen LogP contribution >= 0.6 is 0 Å². The first-order chi connectivity index (χ1) is 8.25.